The number of aliphatic carboxylic acids is 1. The highest BCUT2D eigenvalue weighted by Gasteiger charge is 2.19. The Morgan fingerprint density at radius 2 is 1.96 bits per heavy atom. The summed E-state index contributed by atoms with van der Waals surface area (Å²) in [6, 6.07) is 10.8. The molecule has 3 aromatic rings. The van der Waals surface area contributed by atoms with Gasteiger partial charge in [-0.15, -0.1) is 0 Å². The molecule has 2 N–H and O–H groups in total. The Hall–Kier alpha value is -2.79. The number of phenolic OH excluding ortho intramolecular Hbond substituents is 1. The fourth-order valence-corrected chi connectivity index (χ4v) is 2.71. The van der Waals surface area contributed by atoms with Crippen LogP contribution in [0.4, 0.5) is 0 Å². The maximum atomic E-state index is 12.7. The van der Waals surface area contributed by atoms with Gasteiger partial charge in [-0.3, -0.25) is 4.79 Å². The summed E-state index contributed by atoms with van der Waals surface area (Å²) in [5.41, 5.74) is 1.31. The number of rotatable bonds is 4. The van der Waals surface area contributed by atoms with Crippen molar-refractivity contribution in [2.75, 3.05) is 0 Å². The summed E-state index contributed by atoms with van der Waals surface area (Å²) in [6.07, 6.45) is -0.401. The van der Waals surface area contributed by atoms with Crippen LogP contribution < -0.4 is 5.11 Å². The van der Waals surface area contributed by atoms with Crippen molar-refractivity contribution in [2.24, 2.45) is 0 Å². The second-order valence-electron chi connectivity index (χ2n) is 5.10. The highest BCUT2D eigenvalue weighted by atomic mass is 35.5. The summed E-state index contributed by atoms with van der Waals surface area (Å²) in [7, 11) is 0. The number of ketones is 1. The van der Waals surface area contributed by atoms with E-state index in [1.807, 2.05) is 0 Å². The second-order valence-corrected chi connectivity index (χ2v) is 5.53. The van der Waals surface area contributed by atoms with Crippen LogP contribution in [-0.4, -0.2) is 21.8 Å². The summed E-state index contributed by atoms with van der Waals surface area (Å²) >= 11 is 5.94. The quantitative estimate of drug-likeness (QED) is 0.717. The molecule has 0 radical (unpaired) electrons. The molecule has 0 bridgehead atoms. The molecule has 0 aliphatic rings. The zero-order valence-corrected chi connectivity index (χ0v) is 12.6. The van der Waals surface area contributed by atoms with Crippen LogP contribution in [-0.2, 0) is 11.2 Å². The number of benzene rings is 2. The standard InChI is InChI=1S/C17H12ClNO4/c18-10-4-5-12-13(8-15(21)22)16(19-14(12)7-10)17(23)9-2-1-3-11(20)6-9/h1-7,19-20H,8H2,(H,21,22)/p-1. The Labute approximate surface area is 136 Å². The van der Waals surface area contributed by atoms with Gasteiger partial charge in [0, 0.05) is 33.9 Å². The van der Waals surface area contributed by atoms with Gasteiger partial charge in [-0.05, 0) is 29.8 Å². The van der Waals surface area contributed by atoms with Gasteiger partial charge in [0.05, 0.1) is 5.69 Å². The number of aromatic amines is 1. The van der Waals surface area contributed by atoms with Gasteiger partial charge in [0.25, 0.3) is 0 Å². The number of aromatic hydroxyl groups is 1. The molecule has 0 fully saturated rings. The van der Waals surface area contributed by atoms with Crippen molar-refractivity contribution < 1.29 is 19.8 Å². The lowest BCUT2D eigenvalue weighted by Crippen LogP contribution is -2.25. The lowest BCUT2D eigenvalue weighted by atomic mass is 10.0. The zero-order chi connectivity index (χ0) is 16.6. The first-order valence-corrected chi connectivity index (χ1v) is 7.17. The molecule has 0 aliphatic heterocycles. The molecule has 23 heavy (non-hydrogen) atoms. The molecule has 0 aliphatic carbocycles. The smallest absolute Gasteiger partial charge is 0.209 e. The third-order valence-electron chi connectivity index (χ3n) is 3.52. The number of hydrogen-bond donors (Lipinski definition) is 2. The number of nitrogens with one attached hydrogen (secondary N) is 1. The SMILES string of the molecule is O=C([O-])Cc1c(C(=O)c2cccc(O)c2)[nH]c2cc(Cl)ccc12. The molecule has 116 valence electrons. The molecule has 6 heteroatoms. The van der Waals surface area contributed by atoms with E-state index >= 15 is 0 Å². The van der Waals surface area contributed by atoms with E-state index < -0.39 is 18.2 Å². The third kappa shape index (κ3) is 2.91. The third-order valence-corrected chi connectivity index (χ3v) is 3.76. The first-order chi connectivity index (χ1) is 11.0. The van der Waals surface area contributed by atoms with Gasteiger partial charge in [-0.25, -0.2) is 0 Å². The van der Waals surface area contributed by atoms with Crippen molar-refractivity contribution in [1.82, 2.24) is 4.98 Å². The number of fused-ring (bicyclic) bond motifs is 1. The van der Waals surface area contributed by atoms with E-state index in [1.54, 1.807) is 30.3 Å². The van der Waals surface area contributed by atoms with Gasteiger partial charge in [0.15, 0.2) is 0 Å². The van der Waals surface area contributed by atoms with Crippen molar-refractivity contribution in [2.45, 2.75) is 6.42 Å². The molecule has 0 atom stereocenters. The Balaban J connectivity index is 2.19. The maximum Gasteiger partial charge on any atom is 0.209 e. The predicted molar refractivity (Wildman–Crippen MR) is 83.6 cm³/mol. The molecule has 1 heterocycles. The number of carbonyl (C=O) groups is 2. The summed E-state index contributed by atoms with van der Waals surface area (Å²) < 4.78 is 0. The number of phenols is 1. The van der Waals surface area contributed by atoms with Crippen LogP contribution in [0.1, 0.15) is 21.6 Å². The van der Waals surface area contributed by atoms with Gasteiger partial charge in [0.1, 0.15) is 5.75 Å². The maximum absolute atomic E-state index is 12.7. The van der Waals surface area contributed by atoms with Crippen molar-refractivity contribution >= 4 is 34.3 Å². The van der Waals surface area contributed by atoms with Crippen LogP contribution in [0.2, 0.25) is 5.02 Å². The van der Waals surface area contributed by atoms with Crippen LogP contribution in [0.3, 0.4) is 0 Å². The second kappa shape index (κ2) is 5.78. The topological polar surface area (TPSA) is 93.2 Å². The molecule has 0 saturated heterocycles. The largest absolute Gasteiger partial charge is 0.550 e. The van der Waals surface area contributed by atoms with Crippen molar-refractivity contribution in [3.8, 4) is 5.75 Å². The monoisotopic (exact) mass is 328 g/mol. The van der Waals surface area contributed by atoms with Crippen LogP contribution >= 0.6 is 11.6 Å². The highest BCUT2D eigenvalue weighted by molar-refractivity contribution is 6.31. The van der Waals surface area contributed by atoms with E-state index in [0.29, 0.717) is 21.5 Å². The van der Waals surface area contributed by atoms with Gasteiger partial charge in [-0.1, -0.05) is 29.8 Å². The number of carboxylic acids is 1. The Bertz CT molecular complexity index is 929. The zero-order valence-electron chi connectivity index (χ0n) is 11.8. The fraction of sp³-hybridized carbons (Fsp3) is 0.0588. The lowest BCUT2D eigenvalue weighted by Gasteiger charge is -2.06. The minimum atomic E-state index is -1.29. The molecule has 5 nitrogen and oxygen atoms in total. The van der Waals surface area contributed by atoms with E-state index in [9.17, 15) is 19.8 Å². The molecule has 3 rings (SSSR count). The summed E-state index contributed by atoms with van der Waals surface area (Å²) in [5.74, 6) is -1.74. The molecule has 2 aromatic carbocycles. The first-order valence-electron chi connectivity index (χ1n) is 6.79. The first kappa shape index (κ1) is 15.1. The van der Waals surface area contributed by atoms with Crippen LogP contribution in [0.15, 0.2) is 42.5 Å². The number of carbonyl (C=O) groups excluding carboxylic acids is 2. The minimum Gasteiger partial charge on any atom is -0.550 e. The number of H-pyrrole nitrogens is 1. The van der Waals surface area contributed by atoms with Gasteiger partial charge >= 0.3 is 0 Å². The van der Waals surface area contributed by atoms with Gasteiger partial charge in [0.2, 0.25) is 5.78 Å². The summed E-state index contributed by atoms with van der Waals surface area (Å²) in [4.78, 5) is 26.6. The van der Waals surface area contributed by atoms with Gasteiger partial charge in [-0.2, -0.15) is 0 Å². The van der Waals surface area contributed by atoms with Crippen molar-refractivity contribution in [3.05, 3.63) is 64.3 Å². The van der Waals surface area contributed by atoms with E-state index in [2.05, 4.69) is 4.98 Å². The number of carboxylic acid groups (broad SMARTS) is 1. The van der Waals surface area contributed by atoms with E-state index in [1.165, 1.54) is 12.1 Å². The van der Waals surface area contributed by atoms with Crippen molar-refractivity contribution in [3.63, 3.8) is 0 Å². The molecule has 0 spiro atoms. The average Bonchev–Trinajstić information content (AvgIpc) is 2.83. The van der Waals surface area contributed by atoms with E-state index in [-0.39, 0.29) is 17.0 Å². The number of aromatic nitrogens is 1. The molecular formula is C17H11ClNO4-. The Morgan fingerprint density at radius 1 is 1.17 bits per heavy atom. The lowest BCUT2D eigenvalue weighted by molar-refractivity contribution is -0.304. The van der Waals surface area contributed by atoms with E-state index in [0.717, 1.165) is 0 Å². The van der Waals surface area contributed by atoms with Gasteiger partial charge < -0.3 is 20.0 Å². The van der Waals surface area contributed by atoms with Crippen LogP contribution in [0.5, 0.6) is 5.75 Å². The molecule has 1 aromatic heterocycles. The number of halogens is 1. The van der Waals surface area contributed by atoms with Crippen LogP contribution in [0, 0.1) is 0 Å². The summed E-state index contributed by atoms with van der Waals surface area (Å²) in [5, 5.41) is 21.6. The molecule has 0 saturated carbocycles. The number of hydrogen-bond acceptors (Lipinski definition) is 4. The molecule has 0 amide bonds. The predicted octanol–water partition coefficient (Wildman–Crippen LogP) is 2.05. The fourth-order valence-electron chi connectivity index (χ4n) is 2.54. The van der Waals surface area contributed by atoms with Crippen LogP contribution in [0.25, 0.3) is 10.9 Å². The van der Waals surface area contributed by atoms with Crippen molar-refractivity contribution in [1.29, 1.82) is 0 Å². The summed E-state index contributed by atoms with van der Waals surface area (Å²) in [6.45, 7) is 0. The average molecular weight is 329 g/mol. The Morgan fingerprint density at radius 3 is 2.65 bits per heavy atom. The molecular weight excluding hydrogens is 318 g/mol. The highest BCUT2D eigenvalue weighted by Crippen LogP contribution is 2.28. The minimum absolute atomic E-state index is 0.0449. The Kier molecular flexibility index (Phi) is 3.80. The molecule has 0 unspecified atom stereocenters. The normalized spacial score (nSPS) is 10.8. The van der Waals surface area contributed by atoms with E-state index in [4.69, 9.17) is 11.6 Å².